The number of ether oxygens (including phenoxy) is 1. The van der Waals surface area contributed by atoms with E-state index >= 15 is 0 Å². The van der Waals surface area contributed by atoms with Crippen LogP contribution in [-0.4, -0.2) is 39.3 Å². The molecule has 0 atom stereocenters. The summed E-state index contributed by atoms with van der Waals surface area (Å²) in [5, 5.41) is 6.86. The molecule has 8 nitrogen and oxygen atoms in total. The minimum atomic E-state index is -4.70. The summed E-state index contributed by atoms with van der Waals surface area (Å²) >= 11 is 12.3. The number of aromatic nitrogens is 3. The molecule has 0 aliphatic heterocycles. The second-order valence-corrected chi connectivity index (χ2v) is 7.30. The molecule has 0 saturated heterocycles. The molecular weight excluding hydrogens is 476 g/mol. The van der Waals surface area contributed by atoms with Gasteiger partial charge in [0.05, 0.1) is 17.8 Å². The minimum Gasteiger partial charge on any atom is -0.457 e. The van der Waals surface area contributed by atoms with Crippen molar-refractivity contribution in [2.24, 2.45) is 0 Å². The van der Waals surface area contributed by atoms with E-state index in [1.165, 1.54) is 23.0 Å². The van der Waals surface area contributed by atoms with Crippen molar-refractivity contribution in [2.75, 3.05) is 6.61 Å². The van der Waals surface area contributed by atoms with Gasteiger partial charge in [0.2, 0.25) is 0 Å². The molecule has 0 spiro atoms. The van der Waals surface area contributed by atoms with Crippen LogP contribution in [0.4, 0.5) is 13.2 Å². The highest BCUT2D eigenvalue weighted by molar-refractivity contribution is 6.38. The summed E-state index contributed by atoms with van der Waals surface area (Å²) in [5.41, 5.74) is 0.0935. The maximum Gasteiger partial charge on any atom is 0.422 e. The SMILES string of the molecule is O=C(OCC(F)(F)F)c1cc(Cl)cc2c(Cl)c(CNC(=O)c3cnn4cccnc34)oc12. The third-order valence-corrected chi connectivity index (χ3v) is 4.91. The lowest BCUT2D eigenvalue weighted by molar-refractivity contribution is -0.161. The second kappa shape index (κ2) is 8.32. The molecule has 0 saturated carbocycles. The number of carbonyl (C=O) groups excluding carboxylic acids is 2. The van der Waals surface area contributed by atoms with Gasteiger partial charge in [0.25, 0.3) is 5.91 Å². The first-order valence-corrected chi connectivity index (χ1v) is 9.60. The van der Waals surface area contributed by atoms with E-state index in [0.717, 1.165) is 6.07 Å². The molecule has 1 amide bonds. The Balaban J connectivity index is 1.59. The van der Waals surface area contributed by atoms with Gasteiger partial charge >= 0.3 is 12.1 Å². The van der Waals surface area contributed by atoms with Crippen LogP contribution in [-0.2, 0) is 11.3 Å². The summed E-state index contributed by atoms with van der Waals surface area (Å²) in [4.78, 5) is 28.8. The largest absolute Gasteiger partial charge is 0.457 e. The van der Waals surface area contributed by atoms with E-state index in [1.54, 1.807) is 12.3 Å². The van der Waals surface area contributed by atoms with Gasteiger partial charge in [-0.25, -0.2) is 14.3 Å². The zero-order valence-corrected chi connectivity index (χ0v) is 17.3. The number of nitrogens with zero attached hydrogens (tertiary/aromatic N) is 3. The number of hydrogen-bond acceptors (Lipinski definition) is 6. The van der Waals surface area contributed by atoms with Crippen LogP contribution < -0.4 is 5.32 Å². The van der Waals surface area contributed by atoms with Crippen molar-refractivity contribution in [3.63, 3.8) is 0 Å². The number of carbonyl (C=O) groups is 2. The first kappa shape index (κ1) is 21.9. The Hall–Kier alpha value is -3.31. The Morgan fingerprint density at radius 2 is 2.00 bits per heavy atom. The zero-order valence-electron chi connectivity index (χ0n) is 15.7. The van der Waals surface area contributed by atoms with Crippen LogP contribution >= 0.6 is 23.2 Å². The number of amides is 1. The molecule has 0 fully saturated rings. The van der Waals surface area contributed by atoms with E-state index in [9.17, 15) is 22.8 Å². The number of fused-ring (bicyclic) bond motifs is 2. The van der Waals surface area contributed by atoms with Crippen LogP contribution in [0.25, 0.3) is 16.6 Å². The molecule has 0 radical (unpaired) electrons. The van der Waals surface area contributed by atoms with Gasteiger partial charge in [-0.3, -0.25) is 4.79 Å². The lowest BCUT2D eigenvalue weighted by Crippen LogP contribution is -2.22. The molecule has 3 aromatic heterocycles. The molecule has 0 bridgehead atoms. The number of benzene rings is 1. The standard InChI is InChI=1S/C19H11Cl2F3N4O4/c20-9-4-10-14(21)13(32-15(10)11(5-9)18(30)31-8-19(22,23)24)7-26-17(29)12-6-27-28-3-1-2-25-16(12)28/h1-6H,7-8H2,(H,26,29). The highest BCUT2D eigenvalue weighted by Crippen LogP contribution is 2.35. The van der Waals surface area contributed by atoms with Crippen LogP contribution in [0.3, 0.4) is 0 Å². The van der Waals surface area contributed by atoms with Gasteiger partial charge in [-0.1, -0.05) is 23.2 Å². The van der Waals surface area contributed by atoms with E-state index in [4.69, 9.17) is 27.6 Å². The molecular formula is C19H11Cl2F3N4O4. The predicted molar refractivity (Wildman–Crippen MR) is 107 cm³/mol. The Kier molecular flexibility index (Phi) is 5.70. The number of nitrogens with one attached hydrogen (secondary N) is 1. The van der Waals surface area contributed by atoms with Crippen molar-refractivity contribution >= 4 is 51.7 Å². The average Bonchev–Trinajstić information content (AvgIpc) is 3.31. The van der Waals surface area contributed by atoms with Gasteiger partial charge in [-0.2, -0.15) is 18.3 Å². The summed E-state index contributed by atoms with van der Waals surface area (Å²) in [7, 11) is 0. The van der Waals surface area contributed by atoms with E-state index in [0.29, 0.717) is 5.65 Å². The number of esters is 1. The first-order valence-electron chi connectivity index (χ1n) is 8.85. The summed E-state index contributed by atoms with van der Waals surface area (Å²) in [6.45, 7) is -1.96. The molecule has 4 rings (SSSR count). The third-order valence-electron chi connectivity index (χ3n) is 4.28. The van der Waals surface area contributed by atoms with Crippen LogP contribution in [0.5, 0.6) is 0 Å². The van der Waals surface area contributed by atoms with Crippen molar-refractivity contribution < 1.29 is 31.9 Å². The number of halogens is 5. The number of alkyl halides is 3. The first-order chi connectivity index (χ1) is 15.1. The molecule has 32 heavy (non-hydrogen) atoms. The van der Waals surface area contributed by atoms with Crippen molar-refractivity contribution in [1.29, 1.82) is 0 Å². The van der Waals surface area contributed by atoms with E-state index in [-0.39, 0.29) is 44.4 Å². The molecule has 166 valence electrons. The molecule has 1 aromatic carbocycles. The topological polar surface area (TPSA) is 98.7 Å². The highest BCUT2D eigenvalue weighted by Gasteiger charge is 2.31. The van der Waals surface area contributed by atoms with Crippen molar-refractivity contribution in [3.05, 3.63) is 63.7 Å². The van der Waals surface area contributed by atoms with Crippen molar-refractivity contribution in [2.45, 2.75) is 12.7 Å². The Morgan fingerprint density at radius 1 is 1.22 bits per heavy atom. The third kappa shape index (κ3) is 4.34. The van der Waals surface area contributed by atoms with E-state index < -0.39 is 24.7 Å². The van der Waals surface area contributed by atoms with Crippen LogP contribution in [0.15, 0.2) is 41.2 Å². The predicted octanol–water partition coefficient (Wildman–Crippen LogP) is 4.43. The summed E-state index contributed by atoms with van der Waals surface area (Å²) in [6.07, 6.45) is -0.228. The molecule has 0 aliphatic carbocycles. The van der Waals surface area contributed by atoms with Gasteiger partial charge in [0.1, 0.15) is 16.9 Å². The smallest absolute Gasteiger partial charge is 0.422 e. The summed E-state index contributed by atoms with van der Waals surface area (Å²) in [5.74, 6) is -1.74. The van der Waals surface area contributed by atoms with Crippen LogP contribution in [0, 0.1) is 0 Å². The van der Waals surface area contributed by atoms with Crippen LogP contribution in [0.1, 0.15) is 26.5 Å². The molecule has 1 N–H and O–H groups in total. The Labute approximate surface area is 186 Å². The molecule has 0 unspecified atom stereocenters. The fourth-order valence-electron chi connectivity index (χ4n) is 2.92. The van der Waals surface area contributed by atoms with Gasteiger partial charge in [0, 0.05) is 22.8 Å². The molecule has 0 aliphatic rings. The fourth-order valence-corrected chi connectivity index (χ4v) is 3.38. The van der Waals surface area contributed by atoms with Gasteiger partial charge < -0.3 is 14.5 Å². The number of hydrogen-bond donors (Lipinski definition) is 1. The maximum atomic E-state index is 12.5. The lowest BCUT2D eigenvalue weighted by Gasteiger charge is -2.08. The quantitative estimate of drug-likeness (QED) is 0.419. The summed E-state index contributed by atoms with van der Waals surface area (Å²) in [6, 6.07) is 4.14. The number of rotatable bonds is 5. The van der Waals surface area contributed by atoms with Gasteiger partial charge in [0.15, 0.2) is 17.8 Å². The van der Waals surface area contributed by atoms with Gasteiger partial charge in [-0.05, 0) is 18.2 Å². The normalized spacial score (nSPS) is 11.8. The second-order valence-electron chi connectivity index (χ2n) is 6.49. The molecule has 13 heteroatoms. The van der Waals surface area contributed by atoms with Gasteiger partial charge in [-0.15, -0.1) is 0 Å². The lowest BCUT2D eigenvalue weighted by atomic mass is 10.1. The van der Waals surface area contributed by atoms with Crippen LogP contribution in [0.2, 0.25) is 10.0 Å². The van der Waals surface area contributed by atoms with E-state index in [1.807, 2.05) is 0 Å². The Bertz CT molecular complexity index is 1350. The molecule has 3 heterocycles. The van der Waals surface area contributed by atoms with Crippen molar-refractivity contribution in [3.8, 4) is 0 Å². The fraction of sp³-hybridized carbons (Fsp3) is 0.158. The highest BCUT2D eigenvalue weighted by atomic mass is 35.5. The molecule has 4 aromatic rings. The monoisotopic (exact) mass is 486 g/mol. The zero-order chi connectivity index (χ0) is 23.0. The van der Waals surface area contributed by atoms with Crippen molar-refractivity contribution in [1.82, 2.24) is 19.9 Å². The summed E-state index contributed by atoms with van der Waals surface area (Å²) < 4.78 is 48.4. The average molecular weight is 487 g/mol. The minimum absolute atomic E-state index is 0.0330. The Morgan fingerprint density at radius 3 is 2.75 bits per heavy atom. The van der Waals surface area contributed by atoms with E-state index in [2.05, 4.69) is 20.1 Å². The maximum absolute atomic E-state index is 12.5. The number of furan rings is 1.